The summed E-state index contributed by atoms with van der Waals surface area (Å²) in [6.45, 7) is 3.39. The van der Waals surface area contributed by atoms with Crippen molar-refractivity contribution in [3.63, 3.8) is 0 Å². The van der Waals surface area contributed by atoms with E-state index in [0.29, 0.717) is 19.3 Å². The Labute approximate surface area is 127 Å². The third kappa shape index (κ3) is 3.21. The summed E-state index contributed by atoms with van der Waals surface area (Å²) in [6.07, 6.45) is 3.44. The van der Waals surface area contributed by atoms with Crippen molar-refractivity contribution >= 4 is 17.4 Å². The molecule has 0 bridgehead atoms. The van der Waals surface area contributed by atoms with Crippen LogP contribution in [0.15, 0.2) is 35.9 Å². The van der Waals surface area contributed by atoms with E-state index in [1.807, 2.05) is 13.0 Å². The smallest absolute Gasteiger partial charge is 0.339 e. The second kappa shape index (κ2) is 6.09. The molecule has 0 aromatic heterocycles. The molecule has 1 aliphatic carbocycles. The van der Waals surface area contributed by atoms with Crippen molar-refractivity contribution in [1.29, 1.82) is 0 Å². The van der Waals surface area contributed by atoms with Crippen molar-refractivity contribution in [3.8, 4) is 0 Å². The Morgan fingerprint density at radius 1 is 1.27 bits per heavy atom. The summed E-state index contributed by atoms with van der Waals surface area (Å²) < 4.78 is 5.47. The normalized spacial score (nSPS) is 20.9. The molecule has 0 unspecified atom stereocenters. The van der Waals surface area contributed by atoms with Gasteiger partial charge in [-0.15, -0.1) is 0 Å². The highest BCUT2D eigenvalue weighted by Crippen LogP contribution is 2.32. The van der Waals surface area contributed by atoms with Gasteiger partial charge in [0.1, 0.15) is 0 Å². The number of benzene rings is 1. The molecule has 0 amide bonds. The molecule has 1 aromatic rings. The number of hydrogen-bond donors (Lipinski definition) is 0. The zero-order valence-corrected chi connectivity index (χ0v) is 12.5. The molecular formula is C16H17NO5. The maximum Gasteiger partial charge on any atom is 0.339 e. The first-order chi connectivity index (χ1) is 10.3. The number of Topliss-reactive ketones (excluding diaryl/α,β-unsaturated/α-hetero) is 1. The Morgan fingerprint density at radius 2 is 1.91 bits per heavy atom. The van der Waals surface area contributed by atoms with Crippen LogP contribution in [0.2, 0.25) is 0 Å². The molecule has 0 saturated carbocycles. The molecule has 2 rings (SSSR count). The lowest BCUT2D eigenvalue weighted by molar-refractivity contribution is -0.384. The number of carbonyl (C=O) groups excluding carboxylic acids is 2. The highest BCUT2D eigenvalue weighted by Gasteiger charge is 2.40. The lowest BCUT2D eigenvalue weighted by Gasteiger charge is -2.33. The third-order valence-electron chi connectivity index (χ3n) is 3.95. The molecule has 0 saturated heterocycles. The molecule has 0 radical (unpaired) electrons. The lowest BCUT2D eigenvalue weighted by atomic mass is 9.83. The third-order valence-corrected chi connectivity index (χ3v) is 3.95. The van der Waals surface area contributed by atoms with Gasteiger partial charge in [-0.2, -0.15) is 0 Å². The number of carbonyl (C=O) groups is 2. The van der Waals surface area contributed by atoms with Crippen LogP contribution in [0.4, 0.5) is 5.69 Å². The molecule has 22 heavy (non-hydrogen) atoms. The van der Waals surface area contributed by atoms with Gasteiger partial charge >= 0.3 is 5.97 Å². The van der Waals surface area contributed by atoms with Gasteiger partial charge in [0.2, 0.25) is 0 Å². The highest BCUT2D eigenvalue weighted by molar-refractivity contribution is 5.94. The Bertz CT molecular complexity index is 647. The summed E-state index contributed by atoms with van der Waals surface area (Å²) in [6, 6.07) is 5.14. The van der Waals surface area contributed by atoms with Crippen LogP contribution < -0.4 is 0 Å². The van der Waals surface area contributed by atoms with E-state index in [1.54, 1.807) is 0 Å². The number of esters is 1. The minimum absolute atomic E-state index is 0.103. The Hall–Kier alpha value is -2.50. The number of ether oxygens (including phenoxy) is 1. The zero-order valence-electron chi connectivity index (χ0n) is 12.5. The largest absolute Gasteiger partial charge is 0.447 e. The molecule has 0 spiro atoms. The fraction of sp³-hybridized carbons (Fsp3) is 0.375. The van der Waals surface area contributed by atoms with Gasteiger partial charge in [0.05, 0.1) is 10.5 Å². The van der Waals surface area contributed by atoms with Gasteiger partial charge in [-0.05, 0) is 38.8 Å². The summed E-state index contributed by atoms with van der Waals surface area (Å²) in [7, 11) is 0. The average Bonchev–Trinajstić information content (AvgIpc) is 2.49. The number of nitrogens with zero attached hydrogens (tertiary/aromatic N) is 1. The van der Waals surface area contributed by atoms with Crippen molar-refractivity contribution in [1.82, 2.24) is 0 Å². The average molecular weight is 303 g/mol. The van der Waals surface area contributed by atoms with Crippen LogP contribution in [0.25, 0.3) is 0 Å². The number of nitro benzene ring substituents is 1. The van der Waals surface area contributed by atoms with Gasteiger partial charge in [-0.1, -0.05) is 11.6 Å². The Morgan fingerprint density at radius 3 is 2.36 bits per heavy atom. The molecule has 0 aliphatic heterocycles. The minimum Gasteiger partial charge on any atom is -0.447 e. The number of ketones is 1. The number of non-ortho nitro benzene ring substituents is 1. The SMILES string of the molecule is CC(=O)[C@]1(OC(=O)c2ccc([N+](=O)[O-])cc2)CC=C(C)CC1. The van der Waals surface area contributed by atoms with Crippen LogP contribution in [-0.4, -0.2) is 22.3 Å². The number of rotatable bonds is 4. The molecule has 6 nitrogen and oxygen atoms in total. The maximum atomic E-state index is 12.2. The van der Waals surface area contributed by atoms with Gasteiger partial charge in [0.15, 0.2) is 11.4 Å². The molecule has 0 heterocycles. The zero-order chi connectivity index (χ0) is 16.3. The van der Waals surface area contributed by atoms with Crippen LogP contribution in [0, 0.1) is 10.1 Å². The van der Waals surface area contributed by atoms with Crippen LogP contribution in [0.1, 0.15) is 43.5 Å². The van der Waals surface area contributed by atoms with Crippen molar-refractivity contribution in [2.75, 3.05) is 0 Å². The van der Waals surface area contributed by atoms with Crippen molar-refractivity contribution in [3.05, 3.63) is 51.6 Å². The topological polar surface area (TPSA) is 86.5 Å². The van der Waals surface area contributed by atoms with E-state index in [-0.39, 0.29) is 17.0 Å². The van der Waals surface area contributed by atoms with Crippen molar-refractivity contribution in [2.45, 2.75) is 38.7 Å². The van der Waals surface area contributed by atoms with E-state index in [4.69, 9.17) is 4.74 Å². The van der Waals surface area contributed by atoms with Gasteiger partial charge in [0.25, 0.3) is 5.69 Å². The first-order valence-corrected chi connectivity index (χ1v) is 6.98. The predicted octanol–water partition coefficient (Wildman–Crippen LogP) is 3.21. The first-order valence-electron chi connectivity index (χ1n) is 6.98. The van der Waals surface area contributed by atoms with Crippen molar-refractivity contribution in [2.24, 2.45) is 0 Å². The van der Waals surface area contributed by atoms with E-state index >= 15 is 0 Å². The molecule has 1 aliphatic rings. The first kappa shape index (κ1) is 15.9. The molecule has 116 valence electrons. The molecule has 0 N–H and O–H groups in total. The monoisotopic (exact) mass is 303 g/mol. The van der Waals surface area contributed by atoms with Gasteiger partial charge in [-0.3, -0.25) is 14.9 Å². The fourth-order valence-electron chi connectivity index (χ4n) is 2.38. The van der Waals surface area contributed by atoms with Crippen LogP contribution in [0.3, 0.4) is 0 Å². The van der Waals surface area contributed by atoms with Crippen LogP contribution in [0.5, 0.6) is 0 Å². The van der Waals surface area contributed by atoms with E-state index in [9.17, 15) is 19.7 Å². The standard InChI is InChI=1S/C16H17NO5/c1-11-7-9-16(10-8-11,12(2)18)22-15(19)13-3-5-14(6-4-13)17(20)21/h3-7H,8-10H2,1-2H3/t16-/m0/s1. The summed E-state index contributed by atoms with van der Waals surface area (Å²) in [5.41, 5.74) is 0.132. The van der Waals surface area contributed by atoms with Crippen LogP contribution in [-0.2, 0) is 9.53 Å². The van der Waals surface area contributed by atoms with Gasteiger partial charge < -0.3 is 4.74 Å². The predicted molar refractivity (Wildman–Crippen MR) is 79.5 cm³/mol. The van der Waals surface area contributed by atoms with Crippen molar-refractivity contribution < 1.29 is 19.2 Å². The quantitative estimate of drug-likeness (QED) is 0.369. The van der Waals surface area contributed by atoms with E-state index < -0.39 is 16.5 Å². The molecule has 1 atom stereocenters. The minimum atomic E-state index is -1.13. The van der Waals surface area contributed by atoms with Crippen LogP contribution >= 0.6 is 0 Å². The molecular weight excluding hydrogens is 286 g/mol. The van der Waals surface area contributed by atoms with E-state index in [2.05, 4.69) is 0 Å². The second-order valence-electron chi connectivity index (χ2n) is 5.50. The van der Waals surface area contributed by atoms with Gasteiger partial charge in [0, 0.05) is 18.6 Å². The lowest BCUT2D eigenvalue weighted by Crippen LogP contribution is -2.43. The summed E-state index contributed by atoms with van der Waals surface area (Å²) in [5.74, 6) is -0.829. The fourth-order valence-corrected chi connectivity index (χ4v) is 2.38. The summed E-state index contributed by atoms with van der Waals surface area (Å²) in [4.78, 5) is 34.2. The van der Waals surface area contributed by atoms with E-state index in [0.717, 1.165) is 0 Å². The molecule has 0 fully saturated rings. The number of allylic oxidation sites excluding steroid dienone is 1. The number of nitro groups is 1. The van der Waals surface area contributed by atoms with E-state index in [1.165, 1.54) is 36.8 Å². The van der Waals surface area contributed by atoms with Gasteiger partial charge in [-0.25, -0.2) is 4.79 Å². The summed E-state index contributed by atoms with van der Waals surface area (Å²) >= 11 is 0. The Kier molecular flexibility index (Phi) is 4.40. The molecule has 6 heteroatoms. The highest BCUT2D eigenvalue weighted by atomic mass is 16.6. The molecule has 1 aromatic carbocycles. The second-order valence-corrected chi connectivity index (χ2v) is 5.50. The Balaban J connectivity index is 2.18. The summed E-state index contributed by atoms with van der Waals surface area (Å²) in [5, 5.41) is 10.6. The maximum absolute atomic E-state index is 12.2. The number of hydrogen-bond acceptors (Lipinski definition) is 5.